The lowest BCUT2D eigenvalue weighted by Crippen LogP contribution is -2.41. The Balaban J connectivity index is 1.45. The van der Waals surface area contributed by atoms with Crippen LogP contribution in [0.3, 0.4) is 0 Å². The van der Waals surface area contributed by atoms with E-state index in [2.05, 4.69) is 10.3 Å². The van der Waals surface area contributed by atoms with Gasteiger partial charge in [-0.1, -0.05) is 0 Å². The van der Waals surface area contributed by atoms with Crippen LogP contribution in [0, 0.1) is 0 Å². The fourth-order valence-electron chi connectivity index (χ4n) is 3.15. The third kappa shape index (κ3) is 4.75. The summed E-state index contributed by atoms with van der Waals surface area (Å²) >= 11 is 0. The van der Waals surface area contributed by atoms with Crippen molar-refractivity contribution < 1.29 is 23.8 Å². The van der Waals surface area contributed by atoms with Crippen molar-refractivity contribution in [3.8, 4) is 17.2 Å². The van der Waals surface area contributed by atoms with E-state index in [1.54, 1.807) is 60.7 Å². The van der Waals surface area contributed by atoms with Crippen molar-refractivity contribution in [1.82, 2.24) is 4.98 Å². The Hall–Kier alpha value is -4.07. The first-order valence-corrected chi connectivity index (χ1v) is 9.69. The van der Waals surface area contributed by atoms with Crippen LogP contribution in [0.5, 0.6) is 17.2 Å². The van der Waals surface area contributed by atoms with Gasteiger partial charge in [0.1, 0.15) is 23.9 Å². The van der Waals surface area contributed by atoms with Gasteiger partial charge in [-0.2, -0.15) is 0 Å². The maximum Gasteiger partial charge on any atom is 0.265 e. The third-order valence-electron chi connectivity index (χ3n) is 4.73. The Bertz CT molecular complexity index is 1070. The summed E-state index contributed by atoms with van der Waals surface area (Å²) in [5.74, 6) is 1.53. The van der Waals surface area contributed by atoms with Crippen molar-refractivity contribution in [2.75, 3.05) is 37.1 Å². The first-order valence-electron chi connectivity index (χ1n) is 9.69. The predicted molar refractivity (Wildman–Crippen MR) is 115 cm³/mol. The number of aromatic nitrogens is 1. The molecule has 4 rings (SSSR count). The Morgan fingerprint density at radius 2 is 1.97 bits per heavy atom. The fourth-order valence-corrected chi connectivity index (χ4v) is 3.15. The monoisotopic (exact) mass is 419 g/mol. The van der Waals surface area contributed by atoms with E-state index in [-0.39, 0.29) is 18.4 Å². The zero-order valence-electron chi connectivity index (χ0n) is 16.9. The molecule has 0 saturated heterocycles. The van der Waals surface area contributed by atoms with Gasteiger partial charge in [-0.05, 0) is 54.6 Å². The normalized spacial score (nSPS) is 12.5. The summed E-state index contributed by atoms with van der Waals surface area (Å²) in [5, 5.41) is 2.82. The molecule has 2 heterocycles. The molecular weight excluding hydrogens is 398 g/mol. The van der Waals surface area contributed by atoms with Crippen LogP contribution >= 0.6 is 0 Å². The lowest BCUT2D eigenvalue weighted by Gasteiger charge is -2.29. The van der Waals surface area contributed by atoms with E-state index in [1.807, 2.05) is 12.1 Å². The van der Waals surface area contributed by atoms with E-state index in [4.69, 9.17) is 14.2 Å². The topological polar surface area (TPSA) is 90.0 Å². The molecule has 0 fully saturated rings. The highest BCUT2D eigenvalue weighted by Crippen LogP contribution is 2.34. The second-order valence-electron chi connectivity index (χ2n) is 6.74. The number of nitrogens with zero attached hydrogens (tertiary/aromatic N) is 2. The summed E-state index contributed by atoms with van der Waals surface area (Å²) in [7, 11) is 1.60. The molecule has 0 spiro atoms. The number of anilines is 2. The van der Waals surface area contributed by atoms with E-state index in [9.17, 15) is 9.59 Å². The molecule has 2 aromatic carbocycles. The van der Waals surface area contributed by atoms with Crippen LogP contribution in [0.2, 0.25) is 0 Å². The van der Waals surface area contributed by atoms with E-state index >= 15 is 0 Å². The van der Waals surface area contributed by atoms with Crippen molar-refractivity contribution >= 4 is 23.2 Å². The van der Waals surface area contributed by atoms with Crippen LogP contribution in [0.25, 0.3) is 0 Å². The summed E-state index contributed by atoms with van der Waals surface area (Å²) in [4.78, 5) is 30.4. The minimum atomic E-state index is -0.287. The molecule has 0 atom stereocenters. The molecule has 1 aliphatic rings. The number of ether oxygens (including phenoxy) is 3. The largest absolute Gasteiger partial charge is 0.497 e. The van der Waals surface area contributed by atoms with Crippen LogP contribution in [0.4, 0.5) is 11.4 Å². The van der Waals surface area contributed by atoms with Gasteiger partial charge in [-0.25, -0.2) is 0 Å². The average molecular weight is 419 g/mol. The molecule has 1 aliphatic heterocycles. The number of nitrogens with one attached hydrogen (secondary N) is 1. The molecule has 31 heavy (non-hydrogen) atoms. The van der Waals surface area contributed by atoms with Crippen LogP contribution in [-0.4, -0.2) is 43.7 Å². The maximum atomic E-state index is 12.5. The first-order chi connectivity index (χ1) is 15.1. The highest BCUT2D eigenvalue weighted by Gasteiger charge is 2.26. The highest BCUT2D eigenvalue weighted by atomic mass is 16.5. The smallest absolute Gasteiger partial charge is 0.265 e. The number of amides is 2. The number of hydrogen-bond acceptors (Lipinski definition) is 6. The number of hydrogen-bond donors (Lipinski definition) is 1. The molecular formula is C23H21N3O5. The minimum absolute atomic E-state index is 0.0447. The molecule has 1 N–H and O–H groups in total. The zero-order valence-corrected chi connectivity index (χ0v) is 16.9. The van der Waals surface area contributed by atoms with Gasteiger partial charge >= 0.3 is 0 Å². The van der Waals surface area contributed by atoms with Crippen LogP contribution < -0.4 is 24.4 Å². The van der Waals surface area contributed by atoms with Crippen molar-refractivity contribution in [2.24, 2.45) is 0 Å². The Morgan fingerprint density at radius 3 is 2.71 bits per heavy atom. The predicted octanol–water partition coefficient (Wildman–Crippen LogP) is 3.15. The average Bonchev–Trinajstić information content (AvgIpc) is 2.81. The van der Waals surface area contributed by atoms with Gasteiger partial charge in [0.15, 0.2) is 6.61 Å². The van der Waals surface area contributed by atoms with Crippen LogP contribution in [0.1, 0.15) is 10.4 Å². The molecule has 8 heteroatoms. The highest BCUT2D eigenvalue weighted by molar-refractivity contribution is 6.05. The number of methoxy groups -OCH3 is 1. The molecule has 3 aromatic rings. The quantitative estimate of drug-likeness (QED) is 0.633. The molecule has 1 aromatic heterocycles. The Morgan fingerprint density at radius 1 is 1.16 bits per heavy atom. The molecule has 0 saturated carbocycles. The standard InChI is InChI=1S/C23H21N3O5/c1-29-18-5-7-19(8-6-18)30-12-11-26-20-13-17(4-9-21(20)31-15-22(26)27)25-23(28)16-3-2-10-24-14-16/h2-10,13-14H,11-12,15H2,1H3,(H,25,28). The molecule has 0 unspecified atom stereocenters. The van der Waals surface area contributed by atoms with Crippen LogP contribution in [0.15, 0.2) is 67.0 Å². The van der Waals surface area contributed by atoms with Gasteiger partial charge in [0.2, 0.25) is 0 Å². The van der Waals surface area contributed by atoms with Gasteiger partial charge in [-0.3, -0.25) is 14.6 Å². The minimum Gasteiger partial charge on any atom is -0.497 e. The fraction of sp³-hybridized carbons (Fsp3) is 0.174. The zero-order chi connectivity index (χ0) is 21.6. The number of benzene rings is 2. The lowest BCUT2D eigenvalue weighted by atomic mass is 10.2. The van der Waals surface area contributed by atoms with E-state index < -0.39 is 0 Å². The first kappa shape index (κ1) is 20.2. The second-order valence-corrected chi connectivity index (χ2v) is 6.74. The van der Waals surface area contributed by atoms with Crippen molar-refractivity contribution in [3.63, 3.8) is 0 Å². The molecule has 0 aliphatic carbocycles. The van der Waals surface area contributed by atoms with Crippen molar-refractivity contribution in [2.45, 2.75) is 0 Å². The molecule has 8 nitrogen and oxygen atoms in total. The van der Waals surface area contributed by atoms with Crippen molar-refractivity contribution in [3.05, 3.63) is 72.6 Å². The van der Waals surface area contributed by atoms with Gasteiger partial charge in [0.25, 0.3) is 11.8 Å². The summed E-state index contributed by atoms with van der Waals surface area (Å²) in [6.45, 7) is 0.585. The SMILES string of the molecule is COc1ccc(OCCN2C(=O)COc3ccc(NC(=O)c4cccnc4)cc32)cc1. The number of carbonyl (C=O) groups excluding carboxylic acids is 2. The number of pyridine rings is 1. The van der Waals surface area contributed by atoms with Gasteiger partial charge in [0.05, 0.1) is 24.9 Å². The summed E-state index contributed by atoms with van der Waals surface area (Å²) in [6, 6.07) is 15.8. The van der Waals surface area contributed by atoms with Gasteiger partial charge in [-0.15, -0.1) is 0 Å². The number of carbonyl (C=O) groups is 2. The number of fused-ring (bicyclic) bond motifs is 1. The molecule has 158 valence electrons. The van der Waals surface area contributed by atoms with E-state index in [1.165, 1.54) is 6.20 Å². The maximum absolute atomic E-state index is 12.5. The second kappa shape index (κ2) is 9.17. The van der Waals surface area contributed by atoms with Gasteiger partial charge in [0, 0.05) is 18.1 Å². The van der Waals surface area contributed by atoms with Gasteiger partial charge < -0.3 is 24.4 Å². The summed E-state index contributed by atoms with van der Waals surface area (Å²) in [5.41, 5.74) is 1.57. The van der Waals surface area contributed by atoms with Crippen molar-refractivity contribution in [1.29, 1.82) is 0 Å². The Labute approximate surface area is 179 Å². The lowest BCUT2D eigenvalue weighted by molar-refractivity contribution is -0.121. The number of rotatable bonds is 7. The summed E-state index contributed by atoms with van der Waals surface area (Å²) < 4.78 is 16.4. The molecule has 2 amide bonds. The van der Waals surface area contributed by atoms with Crippen LogP contribution in [-0.2, 0) is 4.79 Å². The molecule has 0 bridgehead atoms. The Kier molecular flexibility index (Phi) is 5.98. The molecule has 0 radical (unpaired) electrons. The van der Waals surface area contributed by atoms with E-state index in [0.717, 1.165) is 5.75 Å². The summed E-state index contributed by atoms with van der Waals surface area (Å²) in [6.07, 6.45) is 3.09. The van der Waals surface area contributed by atoms with E-state index in [0.29, 0.717) is 41.6 Å². The third-order valence-corrected chi connectivity index (χ3v) is 4.73.